The van der Waals surface area contributed by atoms with E-state index in [2.05, 4.69) is 42.7 Å². The monoisotopic (exact) mass is 230 g/mol. The number of rotatable bonds is 3. The molecule has 2 heteroatoms. The van der Waals surface area contributed by atoms with E-state index >= 15 is 0 Å². The third-order valence-electron chi connectivity index (χ3n) is 2.31. The van der Waals surface area contributed by atoms with Gasteiger partial charge in [-0.2, -0.15) is 0 Å². The summed E-state index contributed by atoms with van der Waals surface area (Å²) in [5.41, 5.74) is 2.51. The lowest BCUT2D eigenvalue weighted by molar-refractivity contribution is 0.415. The fourth-order valence-electron chi connectivity index (χ4n) is 1.43. The topological polar surface area (TPSA) is 9.23 Å². The van der Waals surface area contributed by atoms with Crippen molar-refractivity contribution in [3.8, 4) is 5.75 Å². The Balaban J connectivity index is 2.11. The van der Waals surface area contributed by atoms with Gasteiger partial charge in [-0.15, -0.1) is 11.3 Å². The zero-order valence-corrected chi connectivity index (χ0v) is 10.3. The molecular formula is C14H14OS. The fraction of sp³-hybridized carbons (Fsp3) is 0.143. The Bertz CT molecular complexity index is 480. The van der Waals surface area contributed by atoms with Crippen molar-refractivity contribution in [3.63, 3.8) is 0 Å². The first kappa shape index (κ1) is 11.0. The average molecular weight is 230 g/mol. The quantitative estimate of drug-likeness (QED) is 0.766. The number of ether oxygens (including phenoxy) is 1. The Morgan fingerprint density at radius 1 is 1.12 bits per heavy atom. The average Bonchev–Trinajstić information content (AvgIpc) is 2.73. The van der Waals surface area contributed by atoms with Gasteiger partial charge >= 0.3 is 0 Å². The summed E-state index contributed by atoms with van der Waals surface area (Å²) in [6.45, 7) is 2.11. The van der Waals surface area contributed by atoms with Crippen molar-refractivity contribution >= 4 is 23.5 Å². The third-order valence-corrected chi connectivity index (χ3v) is 3.32. The van der Waals surface area contributed by atoms with Gasteiger partial charge < -0.3 is 4.74 Å². The van der Waals surface area contributed by atoms with Crippen LogP contribution in [0.5, 0.6) is 5.75 Å². The van der Waals surface area contributed by atoms with Gasteiger partial charge in [0.2, 0.25) is 0 Å². The molecule has 1 aromatic carbocycles. The van der Waals surface area contributed by atoms with Crippen molar-refractivity contribution in [3.05, 3.63) is 51.7 Å². The molecule has 82 valence electrons. The van der Waals surface area contributed by atoms with E-state index in [-0.39, 0.29) is 0 Å². The highest BCUT2D eigenvalue weighted by Crippen LogP contribution is 2.18. The summed E-state index contributed by atoms with van der Waals surface area (Å²) >= 11 is 1.76. The molecule has 0 unspecified atom stereocenters. The minimum atomic E-state index is 0.893. The summed E-state index contributed by atoms with van der Waals surface area (Å²) in [5.74, 6) is 0.893. The van der Waals surface area contributed by atoms with Crippen molar-refractivity contribution < 1.29 is 4.74 Å². The SMILES string of the molecule is COc1ccc(/C=C/c2cc(C)cs2)cc1. The first-order chi connectivity index (χ1) is 7.78. The lowest BCUT2D eigenvalue weighted by Crippen LogP contribution is -1.81. The van der Waals surface area contributed by atoms with Crippen molar-refractivity contribution in [1.82, 2.24) is 0 Å². The van der Waals surface area contributed by atoms with E-state index < -0.39 is 0 Å². The first-order valence-electron chi connectivity index (χ1n) is 5.15. The number of thiophene rings is 1. The minimum absolute atomic E-state index is 0.893. The van der Waals surface area contributed by atoms with Crippen LogP contribution in [-0.2, 0) is 0 Å². The molecule has 0 aliphatic rings. The molecule has 0 saturated heterocycles. The van der Waals surface area contributed by atoms with Crippen LogP contribution in [0.3, 0.4) is 0 Å². The fourth-order valence-corrected chi connectivity index (χ4v) is 2.22. The standard InChI is InChI=1S/C14H14OS/c1-11-9-14(16-10-11)8-5-12-3-6-13(15-2)7-4-12/h3-10H,1-2H3/b8-5+. The lowest BCUT2D eigenvalue weighted by Gasteiger charge is -1.98. The van der Waals surface area contributed by atoms with Crippen molar-refractivity contribution in [2.45, 2.75) is 6.92 Å². The molecule has 2 aromatic rings. The number of methoxy groups -OCH3 is 1. The van der Waals surface area contributed by atoms with Gasteiger partial charge in [0, 0.05) is 4.88 Å². The Kier molecular flexibility index (Phi) is 3.42. The largest absolute Gasteiger partial charge is 0.497 e. The summed E-state index contributed by atoms with van der Waals surface area (Å²) in [5, 5.41) is 2.16. The molecule has 0 amide bonds. The second kappa shape index (κ2) is 4.99. The Morgan fingerprint density at radius 2 is 1.88 bits per heavy atom. The molecule has 0 aliphatic carbocycles. The molecule has 0 saturated carbocycles. The van der Waals surface area contributed by atoms with E-state index in [1.807, 2.05) is 12.1 Å². The molecule has 0 fully saturated rings. The highest BCUT2D eigenvalue weighted by atomic mass is 32.1. The van der Waals surface area contributed by atoms with Crippen LogP contribution in [0.4, 0.5) is 0 Å². The van der Waals surface area contributed by atoms with Crippen molar-refractivity contribution in [2.24, 2.45) is 0 Å². The second-order valence-electron chi connectivity index (χ2n) is 3.63. The number of hydrogen-bond acceptors (Lipinski definition) is 2. The summed E-state index contributed by atoms with van der Waals surface area (Å²) < 4.78 is 5.11. The third kappa shape index (κ3) is 2.74. The van der Waals surface area contributed by atoms with Gasteiger partial charge in [0.1, 0.15) is 5.75 Å². The van der Waals surface area contributed by atoms with Crippen LogP contribution in [0.25, 0.3) is 12.2 Å². The number of aryl methyl sites for hydroxylation is 1. The molecule has 0 spiro atoms. The minimum Gasteiger partial charge on any atom is -0.497 e. The molecule has 0 aliphatic heterocycles. The highest BCUT2D eigenvalue weighted by Gasteiger charge is 1.92. The van der Waals surface area contributed by atoms with Crippen LogP contribution in [0.2, 0.25) is 0 Å². The van der Waals surface area contributed by atoms with Crippen molar-refractivity contribution in [2.75, 3.05) is 7.11 Å². The molecule has 0 bridgehead atoms. The Labute approximate surface area is 100 Å². The van der Waals surface area contributed by atoms with E-state index in [1.165, 1.54) is 16.0 Å². The first-order valence-corrected chi connectivity index (χ1v) is 6.03. The van der Waals surface area contributed by atoms with Gasteiger partial charge in [-0.25, -0.2) is 0 Å². The normalized spacial score (nSPS) is 10.9. The Hall–Kier alpha value is -1.54. The maximum atomic E-state index is 5.11. The van der Waals surface area contributed by atoms with E-state index in [4.69, 9.17) is 4.74 Å². The summed E-state index contributed by atoms with van der Waals surface area (Å²) in [6.07, 6.45) is 4.25. The van der Waals surface area contributed by atoms with Crippen LogP contribution in [0.1, 0.15) is 16.0 Å². The number of benzene rings is 1. The second-order valence-corrected chi connectivity index (χ2v) is 4.58. The van der Waals surface area contributed by atoms with Crippen LogP contribution in [0.15, 0.2) is 35.7 Å². The predicted octanol–water partition coefficient (Wildman–Crippen LogP) is 4.24. The zero-order valence-electron chi connectivity index (χ0n) is 9.44. The van der Waals surface area contributed by atoms with Gasteiger partial charge in [0.25, 0.3) is 0 Å². The molecule has 1 nitrogen and oxygen atoms in total. The maximum absolute atomic E-state index is 5.11. The van der Waals surface area contributed by atoms with Crippen LogP contribution in [-0.4, -0.2) is 7.11 Å². The maximum Gasteiger partial charge on any atom is 0.118 e. The van der Waals surface area contributed by atoms with Gasteiger partial charge in [-0.1, -0.05) is 18.2 Å². The summed E-state index contributed by atoms with van der Waals surface area (Å²) in [4.78, 5) is 1.29. The number of hydrogen-bond donors (Lipinski definition) is 0. The van der Waals surface area contributed by atoms with Gasteiger partial charge in [0.05, 0.1) is 7.11 Å². The zero-order chi connectivity index (χ0) is 11.4. The molecule has 0 radical (unpaired) electrons. The predicted molar refractivity (Wildman–Crippen MR) is 71.0 cm³/mol. The van der Waals surface area contributed by atoms with E-state index in [1.54, 1.807) is 18.4 Å². The van der Waals surface area contributed by atoms with E-state index in [9.17, 15) is 0 Å². The van der Waals surface area contributed by atoms with Crippen LogP contribution >= 0.6 is 11.3 Å². The molecule has 16 heavy (non-hydrogen) atoms. The molecule has 2 rings (SSSR count). The van der Waals surface area contributed by atoms with Gasteiger partial charge in [-0.05, 0) is 47.7 Å². The lowest BCUT2D eigenvalue weighted by atomic mass is 10.2. The smallest absolute Gasteiger partial charge is 0.118 e. The van der Waals surface area contributed by atoms with E-state index in [0.717, 1.165) is 5.75 Å². The molecule has 0 N–H and O–H groups in total. The summed E-state index contributed by atoms with van der Waals surface area (Å²) in [7, 11) is 1.68. The highest BCUT2D eigenvalue weighted by molar-refractivity contribution is 7.11. The molecular weight excluding hydrogens is 216 g/mol. The van der Waals surface area contributed by atoms with Gasteiger partial charge in [-0.3, -0.25) is 0 Å². The Morgan fingerprint density at radius 3 is 2.44 bits per heavy atom. The van der Waals surface area contributed by atoms with Crippen LogP contribution < -0.4 is 4.74 Å². The van der Waals surface area contributed by atoms with Gasteiger partial charge in [0.15, 0.2) is 0 Å². The summed E-state index contributed by atoms with van der Waals surface area (Å²) in [6, 6.07) is 10.2. The van der Waals surface area contributed by atoms with Crippen LogP contribution in [0, 0.1) is 6.92 Å². The molecule has 1 heterocycles. The van der Waals surface area contributed by atoms with Crippen molar-refractivity contribution in [1.29, 1.82) is 0 Å². The molecule has 0 atom stereocenters. The molecule has 1 aromatic heterocycles. The van der Waals surface area contributed by atoms with E-state index in [0.29, 0.717) is 0 Å².